The molecule has 0 saturated heterocycles. The average Bonchev–Trinajstić information content (AvgIpc) is 2.99. The number of aromatic nitrogens is 4. The van der Waals surface area contributed by atoms with Gasteiger partial charge >= 0.3 is 11.7 Å². The van der Waals surface area contributed by atoms with Crippen molar-refractivity contribution in [1.29, 1.82) is 0 Å². The summed E-state index contributed by atoms with van der Waals surface area (Å²) < 4.78 is 5.34. The van der Waals surface area contributed by atoms with Crippen molar-refractivity contribution in [1.82, 2.24) is 20.2 Å². The van der Waals surface area contributed by atoms with Gasteiger partial charge in [-0.1, -0.05) is 23.1 Å². The third-order valence-corrected chi connectivity index (χ3v) is 5.07. The van der Waals surface area contributed by atoms with Gasteiger partial charge in [0.05, 0.1) is 12.4 Å². The maximum atomic E-state index is 12.0. The number of nitrogens with zero attached hydrogens (tertiary/aromatic N) is 2. The fourth-order valence-corrected chi connectivity index (χ4v) is 3.56. The Kier molecular flexibility index (Phi) is 7.09. The van der Waals surface area contributed by atoms with Crippen molar-refractivity contribution in [2.24, 2.45) is 0 Å². The van der Waals surface area contributed by atoms with Crippen molar-refractivity contribution >= 4 is 40.1 Å². The summed E-state index contributed by atoms with van der Waals surface area (Å²) in [5, 5.41) is 10.6. The van der Waals surface area contributed by atoms with E-state index in [4.69, 9.17) is 4.74 Å². The van der Waals surface area contributed by atoms with E-state index in [9.17, 15) is 19.2 Å². The van der Waals surface area contributed by atoms with E-state index >= 15 is 0 Å². The first-order valence-corrected chi connectivity index (χ1v) is 9.43. The third kappa shape index (κ3) is 5.81. The molecule has 0 spiro atoms. The highest BCUT2D eigenvalue weighted by Gasteiger charge is 2.13. The van der Waals surface area contributed by atoms with E-state index in [2.05, 4.69) is 25.5 Å². The number of hydrogen-bond acceptors (Lipinski definition) is 9. The molecule has 2 heterocycles. The summed E-state index contributed by atoms with van der Waals surface area (Å²) in [6, 6.07) is 0. The number of rotatable bonds is 8. The van der Waals surface area contributed by atoms with Gasteiger partial charge in [-0.2, -0.15) is 0 Å². The average molecular weight is 399 g/mol. The summed E-state index contributed by atoms with van der Waals surface area (Å²) in [7, 11) is 0. The van der Waals surface area contributed by atoms with E-state index in [-0.39, 0.29) is 30.5 Å². The monoisotopic (exact) mass is 399 g/mol. The van der Waals surface area contributed by atoms with E-state index < -0.39 is 11.2 Å². The lowest BCUT2D eigenvalue weighted by Crippen LogP contribution is -2.27. The Hall–Kier alpha value is -2.47. The molecule has 140 valence electrons. The molecule has 0 saturated carbocycles. The van der Waals surface area contributed by atoms with Gasteiger partial charge in [0.2, 0.25) is 11.0 Å². The second kappa shape index (κ2) is 9.29. The first-order valence-electron chi connectivity index (χ1n) is 7.63. The second-order valence-electron chi connectivity index (χ2n) is 5.03. The zero-order valence-electron chi connectivity index (χ0n) is 14.1. The summed E-state index contributed by atoms with van der Waals surface area (Å²) in [6.07, 6.45) is 0.216. The largest absolute Gasteiger partial charge is 0.465 e. The zero-order valence-corrected chi connectivity index (χ0v) is 15.7. The van der Waals surface area contributed by atoms with Crippen molar-refractivity contribution in [3.8, 4) is 0 Å². The van der Waals surface area contributed by atoms with Gasteiger partial charge in [0.1, 0.15) is 0 Å². The number of aromatic amines is 2. The zero-order chi connectivity index (χ0) is 19.1. The maximum absolute atomic E-state index is 12.0. The Bertz CT molecular complexity index is 904. The molecular formula is C14H17N5O5S2. The van der Waals surface area contributed by atoms with Crippen LogP contribution in [0.5, 0.6) is 0 Å². The lowest BCUT2D eigenvalue weighted by atomic mass is 10.1. The van der Waals surface area contributed by atoms with Crippen LogP contribution in [0, 0.1) is 6.92 Å². The standard InChI is InChI=1S/C14H17N5O5S2/c1-3-24-10(21)6-25-14-19-18-13(26-14)16-9(20)5-4-8-7(2)15-12(23)17-11(8)22/h3-6H2,1-2H3,(H,16,18,20)(H2,15,17,22,23). The van der Waals surface area contributed by atoms with Gasteiger partial charge in [-0.15, -0.1) is 10.2 Å². The Morgan fingerprint density at radius 1 is 1.27 bits per heavy atom. The molecule has 0 aliphatic carbocycles. The van der Waals surface area contributed by atoms with Gasteiger partial charge in [0.25, 0.3) is 5.56 Å². The number of anilines is 1. The van der Waals surface area contributed by atoms with Gasteiger partial charge < -0.3 is 15.0 Å². The van der Waals surface area contributed by atoms with Crippen LogP contribution in [0.25, 0.3) is 0 Å². The molecule has 10 nitrogen and oxygen atoms in total. The second-order valence-corrected chi connectivity index (χ2v) is 7.23. The van der Waals surface area contributed by atoms with Crippen LogP contribution in [0.4, 0.5) is 5.13 Å². The SMILES string of the molecule is CCOC(=O)CSc1nnc(NC(=O)CCc2c(C)[nH]c(=O)[nH]c2=O)s1. The van der Waals surface area contributed by atoms with Crippen LogP contribution in [-0.4, -0.2) is 44.4 Å². The van der Waals surface area contributed by atoms with Crippen molar-refractivity contribution in [3.05, 3.63) is 32.1 Å². The van der Waals surface area contributed by atoms with Crippen LogP contribution in [-0.2, 0) is 20.7 Å². The molecule has 0 unspecified atom stereocenters. The molecule has 2 aromatic heterocycles. The van der Waals surface area contributed by atoms with Gasteiger partial charge in [-0.25, -0.2) is 4.79 Å². The van der Waals surface area contributed by atoms with Crippen LogP contribution < -0.4 is 16.6 Å². The first kappa shape index (κ1) is 19.8. The molecule has 12 heteroatoms. The van der Waals surface area contributed by atoms with Gasteiger partial charge in [-0.3, -0.25) is 19.4 Å². The predicted octanol–water partition coefficient (Wildman–Crippen LogP) is 0.450. The van der Waals surface area contributed by atoms with Crippen molar-refractivity contribution < 1.29 is 14.3 Å². The fourth-order valence-electron chi connectivity index (χ4n) is 1.99. The van der Waals surface area contributed by atoms with Crippen molar-refractivity contribution in [3.63, 3.8) is 0 Å². The Labute approximate surface area is 155 Å². The smallest absolute Gasteiger partial charge is 0.325 e. The maximum Gasteiger partial charge on any atom is 0.325 e. The quantitative estimate of drug-likeness (QED) is 0.329. The van der Waals surface area contributed by atoms with E-state index in [1.54, 1.807) is 13.8 Å². The van der Waals surface area contributed by atoms with Crippen LogP contribution in [0.3, 0.4) is 0 Å². The minimum absolute atomic E-state index is 0.0425. The summed E-state index contributed by atoms with van der Waals surface area (Å²) in [6.45, 7) is 3.64. The summed E-state index contributed by atoms with van der Waals surface area (Å²) in [5.41, 5.74) is -0.308. The van der Waals surface area contributed by atoms with Crippen LogP contribution in [0.15, 0.2) is 13.9 Å². The van der Waals surface area contributed by atoms with Crippen LogP contribution >= 0.6 is 23.1 Å². The van der Waals surface area contributed by atoms with Crippen molar-refractivity contribution in [2.45, 2.75) is 31.0 Å². The van der Waals surface area contributed by atoms with Gasteiger partial charge in [0.15, 0.2) is 4.34 Å². The number of H-pyrrole nitrogens is 2. The summed E-state index contributed by atoms with van der Waals surface area (Å²) in [4.78, 5) is 50.8. The Morgan fingerprint density at radius 3 is 2.73 bits per heavy atom. The number of nitrogens with one attached hydrogen (secondary N) is 3. The highest BCUT2D eigenvalue weighted by atomic mass is 32.2. The first-order chi connectivity index (χ1) is 12.4. The molecule has 0 aliphatic rings. The van der Waals surface area contributed by atoms with E-state index in [1.165, 1.54) is 11.8 Å². The summed E-state index contributed by atoms with van der Waals surface area (Å²) in [5.74, 6) is -0.571. The van der Waals surface area contributed by atoms with E-state index in [1.807, 2.05) is 0 Å². The minimum Gasteiger partial charge on any atom is -0.465 e. The molecule has 0 fully saturated rings. The lowest BCUT2D eigenvalue weighted by molar-refractivity contribution is -0.139. The third-order valence-electron chi connectivity index (χ3n) is 3.13. The van der Waals surface area contributed by atoms with E-state index in [0.29, 0.717) is 27.3 Å². The topological polar surface area (TPSA) is 147 Å². The number of ether oxygens (including phenoxy) is 1. The molecule has 2 aromatic rings. The molecule has 3 N–H and O–H groups in total. The number of carbonyl (C=O) groups is 2. The molecule has 2 rings (SSSR count). The number of amides is 1. The molecular weight excluding hydrogens is 382 g/mol. The highest BCUT2D eigenvalue weighted by Crippen LogP contribution is 2.25. The molecule has 26 heavy (non-hydrogen) atoms. The highest BCUT2D eigenvalue weighted by molar-refractivity contribution is 8.01. The summed E-state index contributed by atoms with van der Waals surface area (Å²) >= 11 is 2.31. The number of esters is 1. The molecule has 1 amide bonds. The van der Waals surface area contributed by atoms with Gasteiger partial charge in [0, 0.05) is 17.7 Å². The fraction of sp³-hybridized carbons (Fsp3) is 0.429. The predicted molar refractivity (Wildman–Crippen MR) is 96.6 cm³/mol. The molecule has 0 atom stereocenters. The van der Waals surface area contributed by atoms with Crippen LogP contribution in [0.2, 0.25) is 0 Å². The molecule has 0 aromatic carbocycles. The van der Waals surface area contributed by atoms with Gasteiger partial charge in [-0.05, 0) is 20.3 Å². The Balaban J connectivity index is 1.86. The van der Waals surface area contributed by atoms with E-state index in [0.717, 1.165) is 11.3 Å². The minimum atomic E-state index is -0.581. The van der Waals surface area contributed by atoms with Crippen LogP contribution in [0.1, 0.15) is 24.6 Å². The molecule has 0 aliphatic heterocycles. The molecule has 0 bridgehead atoms. The van der Waals surface area contributed by atoms with Crippen molar-refractivity contribution in [2.75, 3.05) is 17.7 Å². The number of thioether (sulfide) groups is 1. The normalized spacial score (nSPS) is 10.5. The lowest BCUT2D eigenvalue weighted by Gasteiger charge is -2.03. The Morgan fingerprint density at radius 2 is 2.04 bits per heavy atom. The number of carbonyl (C=O) groups excluding carboxylic acids is 2. The number of aryl methyl sites for hydroxylation is 1. The molecule has 0 radical (unpaired) electrons. The number of hydrogen-bond donors (Lipinski definition) is 3.